The smallest absolute Gasteiger partial charge is 0.00994 e. The highest BCUT2D eigenvalue weighted by atomic mass is 14.2. The molecule has 0 heteroatoms. The van der Waals surface area contributed by atoms with Gasteiger partial charge in [-0.25, -0.2) is 0 Å². The first-order chi connectivity index (χ1) is 10.5. The maximum Gasteiger partial charge on any atom is -0.00994 e. The normalized spacial score (nSPS) is 14.1. The van der Waals surface area contributed by atoms with E-state index >= 15 is 0 Å². The van der Waals surface area contributed by atoms with Crippen molar-refractivity contribution >= 4 is 11.1 Å². The van der Waals surface area contributed by atoms with Gasteiger partial charge in [-0.1, -0.05) is 43.0 Å². The molecular formula is C22H22. The summed E-state index contributed by atoms with van der Waals surface area (Å²) in [5.41, 5.74) is 11.5. The van der Waals surface area contributed by atoms with Crippen molar-refractivity contribution in [2.75, 3.05) is 0 Å². The predicted octanol–water partition coefficient (Wildman–Crippen LogP) is 5.96. The number of hydrogen-bond donors (Lipinski definition) is 0. The van der Waals surface area contributed by atoms with E-state index in [0.717, 1.165) is 5.57 Å². The molecule has 1 aliphatic carbocycles. The van der Waals surface area contributed by atoms with E-state index in [1.165, 1.54) is 44.5 Å². The summed E-state index contributed by atoms with van der Waals surface area (Å²) in [7, 11) is 0. The molecule has 0 aromatic heterocycles. The van der Waals surface area contributed by atoms with Crippen LogP contribution in [0.25, 0.3) is 11.1 Å². The Bertz CT molecular complexity index is 760. The van der Waals surface area contributed by atoms with Gasteiger partial charge in [0.1, 0.15) is 0 Å². The molecule has 2 aromatic carbocycles. The number of allylic oxidation sites excluding steroid dienone is 5. The SMILES string of the molecule is C=C1C=C(c2ccc(C)c(C)c2)C(c2ccc(C)c(C)c2)=C1. The Morgan fingerprint density at radius 2 is 1.00 bits per heavy atom. The van der Waals surface area contributed by atoms with Gasteiger partial charge in [-0.15, -0.1) is 0 Å². The van der Waals surface area contributed by atoms with Crippen LogP contribution in [0.3, 0.4) is 0 Å². The van der Waals surface area contributed by atoms with Gasteiger partial charge in [-0.05, 0) is 89.9 Å². The minimum Gasteiger partial charge on any atom is -0.0917 e. The van der Waals surface area contributed by atoms with Crippen molar-refractivity contribution in [3.8, 4) is 0 Å². The van der Waals surface area contributed by atoms with Gasteiger partial charge in [0.05, 0.1) is 0 Å². The summed E-state index contributed by atoms with van der Waals surface area (Å²) in [6.45, 7) is 12.8. The lowest BCUT2D eigenvalue weighted by Gasteiger charge is -2.12. The molecule has 0 nitrogen and oxygen atoms in total. The van der Waals surface area contributed by atoms with Crippen LogP contribution in [-0.4, -0.2) is 0 Å². The molecule has 1 aliphatic rings. The van der Waals surface area contributed by atoms with E-state index < -0.39 is 0 Å². The summed E-state index contributed by atoms with van der Waals surface area (Å²) in [6, 6.07) is 13.4. The highest BCUT2D eigenvalue weighted by Crippen LogP contribution is 2.38. The third kappa shape index (κ3) is 2.57. The first-order valence-electron chi connectivity index (χ1n) is 7.73. The minimum absolute atomic E-state index is 1.07. The molecule has 0 bridgehead atoms. The largest absolute Gasteiger partial charge is 0.0917 e. The second-order valence-electron chi connectivity index (χ2n) is 6.29. The van der Waals surface area contributed by atoms with Crippen LogP contribution in [0.4, 0.5) is 0 Å². The van der Waals surface area contributed by atoms with Crippen molar-refractivity contribution in [3.05, 3.63) is 94.1 Å². The lowest BCUT2D eigenvalue weighted by molar-refractivity contribution is 1.32. The molecule has 0 radical (unpaired) electrons. The van der Waals surface area contributed by atoms with E-state index in [1.807, 2.05) is 0 Å². The first kappa shape index (κ1) is 14.6. The molecule has 110 valence electrons. The molecular weight excluding hydrogens is 264 g/mol. The first-order valence-corrected chi connectivity index (χ1v) is 7.73. The standard InChI is InChI=1S/C22H22/c1-14-10-21(19-8-6-15(2)17(4)12-19)22(11-14)20-9-7-16(3)18(5)13-20/h6-13H,1H2,2-5H3. The van der Waals surface area contributed by atoms with Crippen LogP contribution in [0.15, 0.2) is 60.7 Å². The highest BCUT2D eigenvalue weighted by Gasteiger charge is 2.16. The fourth-order valence-corrected chi connectivity index (χ4v) is 2.86. The Labute approximate surface area is 133 Å². The molecule has 0 atom stereocenters. The molecule has 3 rings (SSSR count). The summed E-state index contributed by atoms with van der Waals surface area (Å²) in [5, 5.41) is 0. The summed E-state index contributed by atoms with van der Waals surface area (Å²) >= 11 is 0. The zero-order valence-electron chi connectivity index (χ0n) is 13.8. The molecule has 0 saturated carbocycles. The molecule has 0 spiro atoms. The third-order valence-corrected chi connectivity index (χ3v) is 4.59. The van der Waals surface area contributed by atoms with E-state index in [2.05, 4.69) is 82.8 Å². The van der Waals surface area contributed by atoms with E-state index in [4.69, 9.17) is 0 Å². The minimum atomic E-state index is 1.07. The van der Waals surface area contributed by atoms with Crippen molar-refractivity contribution in [1.29, 1.82) is 0 Å². The fraction of sp³-hybridized carbons (Fsp3) is 0.182. The van der Waals surface area contributed by atoms with Gasteiger partial charge in [-0.3, -0.25) is 0 Å². The van der Waals surface area contributed by atoms with Crippen LogP contribution in [0.5, 0.6) is 0 Å². The molecule has 22 heavy (non-hydrogen) atoms. The van der Waals surface area contributed by atoms with E-state index in [-0.39, 0.29) is 0 Å². The van der Waals surface area contributed by atoms with Crippen LogP contribution in [-0.2, 0) is 0 Å². The van der Waals surface area contributed by atoms with E-state index in [0.29, 0.717) is 0 Å². The van der Waals surface area contributed by atoms with Crippen LogP contribution < -0.4 is 0 Å². The summed E-state index contributed by atoms with van der Waals surface area (Å²) < 4.78 is 0. The zero-order valence-corrected chi connectivity index (χ0v) is 13.8. The Morgan fingerprint density at radius 3 is 1.36 bits per heavy atom. The molecule has 0 aliphatic heterocycles. The summed E-state index contributed by atoms with van der Waals surface area (Å²) in [6.07, 6.45) is 4.38. The number of rotatable bonds is 2. The van der Waals surface area contributed by atoms with Crippen LogP contribution >= 0.6 is 0 Å². The zero-order chi connectivity index (χ0) is 15.9. The Kier molecular flexibility index (Phi) is 3.62. The van der Waals surface area contributed by atoms with Gasteiger partial charge in [0.25, 0.3) is 0 Å². The maximum atomic E-state index is 4.13. The molecule has 0 saturated heterocycles. The van der Waals surface area contributed by atoms with Gasteiger partial charge >= 0.3 is 0 Å². The quantitative estimate of drug-likeness (QED) is 0.639. The van der Waals surface area contributed by atoms with Gasteiger partial charge in [0, 0.05) is 0 Å². The average molecular weight is 286 g/mol. The topological polar surface area (TPSA) is 0 Å². The van der Waals surface area contributed by atoms with Gasteiger partial charge < -0.3 is 0 Å². The van der Waals surface area contributed by atoms with Crippen molar-refractivity contribution in [2.45, 2.75) is 27.7 Å². The van der Waals surface area contributed by atoms with Crippen LogP contribution in [0.1, 0.15) is 33.4 Å². The second kappa shape index (κ2) is 5.46. The monoisotopic (exact) mass is 286 g/mol. The van der Waals surface area contributed by atoms with Gasteiger partial charge in [0.2, 0.25) is 0 Å². The van der Waals surface area contributed by atoms with Gasteiger partial charge in [0.15, 0.2) is 0 Å². The summed E-state index contributed by atoms with van der Waals surface area (Å²) in [5.74, 6) is 0. The van der Waals surface area contributed by atoms with Crippen LogP contribution in [0, 0.1) is 27.7 Å². The molecule has 2 aromatic rings. The summed E-state index contributed by atoms with van der Waals surface area (Å²) in [4.78, 5) is 0. The third-order valence-electron chi connectivity index (χ3n) is 4.59. The Balaban J connectivity index is 2.09. The van der Waals surface area contributed by atoms with Crippen molar-refractivity contribution in [3.63, 3.8) is 0 Å². The molecule has 0 heterocycles. The second-order valence-corrected chi connectivity index (χ2v) is 6.29. The maximum absolute atomic E-state index is 4.13. The van der Waals surface area contributed by atoms with Crippen molar-refractivity contribution < 1.29 is 0 Å². The van der Waals surface area contributed by atoms with E-state index in [1.54, 1.807) is 0 Å². The molecule has 0 amide bonds. The fourth-order valence-electron chi connectivity index (χ4n) is 2.86. The number of hydrogen-bond acceptors (Lipinski definition) is 0. The van der Waals surface area contributed by atoms with E-state index in [9.17, 15) is 0 Å². The highest BCUT2D eigenvalue weighted by molar-refractivity contribution is 6.09. The molecule has 0 N–H and O–H groups in total. The molecule has 0 unspecified atom stereocenters. The van der Waals surface area contributed by atoms with Gasteiger partial charge in [-0.2, -0.15) is 0 Å². The lowest BCUT2D eigenvalue weighted by Crippen LogP contribution is -1.92. The van der Waals surface area contributed by atoms with Crippen molar-refractivity contribution in [1.82, 2.24) is 0 Å². The molecule has 0 fully saturated rings. The van der Waals surface area contributed by atoms with Crippen LogP contribution in [0.2, 0.25) is 0 Å². The predicted molar refractivity (Wildman–Crippen MR) is 96.9 cm³/mol. The average Bonchev–Trinajstić information content (AvgIpc) is 2.87. The number of aryl methyl sites for hydroxylation is 4. The lowest BCUT2D eigenvalue weighted by atomic mass is 9.92. The van der Waals surface area contributed by atoms with Crippen molar-refractivity contribution in [2.24, 2.45) is 0 Å². The Morgan fingerprint density at radius 1 is 0.591 bits per heavy atom. The number of benzene rings is 2. The Hall–Kier alpha value is -2.34.